The lowest BCUT2D eigenvalue weighted by Crippen LogP contribution is -2.00. The van der Waals surface area contributed by atoms with E-state index in [1.165, 1.54) is 16.3 Å². The number of benzene rings is 8. The average molecular weight is 715 g/mol. The van der Waals surface area contributed by atoms with Crippen LogP contribution in [-0.4, -0.2) is 19.9 Å². The second-order valence-corrected chi connectivity index (χ2v) is 13.9. The predicted molar refractivity (Wildman–Crippen MR) is 231 cm³/mol. The third kappa shape index (κ3) is 6.40. The molecule has 0 aliphatic carbocycles. The molecule has 2 aromatic heterocycles. The van der Waals surface area contributed by atoms with Crippen molar-refractivity contribution in [1.82, 2.24) is 19.9 Å². The Kier molecular flexibility index (Phi) is 8.47. The van der Waals surface area contributed by atoms with Gasteiger partial charge in [0.05, 0.1) is 11.2 Å². The third-order valence-electron chi connectivity index (χ3n) is 10.3. The van der Waals surface area contributed by atoms with Gasteiger partial charge in [0.25, 0.3) is 0 Å². The molecule has 0 atom stereocenters. The molecule has 0 fully saturated rings. The molecule has 0 saturated heterocycles. The highest BCUT2D eigenvalue weighted by Gasteiger charge is 2.16. The molecule has 0 aliphatic rings. The Morgan fingerprint density at radius 2 is 0.714 bits per heavy atom. The molecule has 8 aromatic carbocycles. The predicted octanol–water partition coefficient (Wildman–Crippen LogP) is 13.2. The molecule has 0 unspecified atom stereocenters. The summed E-state index contributed by atoms with van der Waals surface area (Å²) in [5.41, 5.74) is 12.7. The molecule has 0 amide bonds. The lowest BCUT2D eigenvalue weighted by Gasteiger charge is -2.14. The van der Waals surface area contributed by atoms with Crippen LogP contribution in [0, 0.1) is 0 Å². The Balaban J connectivity index is 1.06. The molecule has 0 bridgehead atoms. The van der Waals surface area contributed by atoms with Crippen LogP contribution in [0.3, 0.4) is 0 Å². The molecule has 4 nitrogen and oxygen atoms in total. The van der Waals surface area contributed by atoms with Crippen molar-refractivity contribution >= 4 is 21.7 Å². The Morgan fingerprint density at radius 1 is 0.268 bits per heavy atom. The maximum atomic E-state index is 5.19. The van der Waals surface area contributed by atoms with Crippen LogP contribution in [0.5, 0.6) is 0 Å². The molecule has 0 saturated carbocycles. The number of nitrogens with zero attached hydrogens (tertiary/aromatic N) is 4. The van der Waals surface area contributed by atoms with Gasteiger partial charge in [-0.2, -0.15) is 0 Å². The van der Waals surface area contributed by atoms with Crippen LogP contribution in [-0.2, 0) is 0 Å². The summed E-state index contributed by atoms with van der Waals surface area (Å²) in [7, 11) is 0. The first-order valence-electron chi connectivity index (χ1n) is 18.8. The molecule has 0 spiro atoms. The topological polar surface area (TPSA) is 51.6 Å². The first-order chi connectivity index (χ1) is 27.7. The molecule has 4 heteroatoms. The minimum absolute atomic E-state index is 0.628. The monoisotopic (exact) mass is 714 g/mol. The number of rotatable bonds is 7. The fourth-order valence-corrected chi connectivity index (χ4v) is 7.47. The maximum Gasteiger partial charge on any atom is 0.164 e. The van der Waals surface area contributed by atoms with Crippen LogP contribution in [0.25, 0.3) is 100 Å². The van der Waals surface area contributed by atoms with Crippen LogP contribution in [0.2, 0.25) is 0 Å². The van der Waals surface area contributed by atoms with Gasteiger partial charge in [0.2, 0.25) is 0 Å². The van der Waals surface area contributed by atoms with E-state index in [0.29, 0.717) is 17.5 Å². The van der Waals surface area contributed by atoms with Crippen LogP contribution < -0.4 is 0 Å². The van der Waals surface area contributed by atoms with Crippen molar-refractivity contribution in [3.8, 4) is 78.8 Å². The zero-order chi connectivity index (χ0) is 37.3. The molecular weight excluding hydrogens is 681 g/mol. The summed E-state index contributed by atoms with van der Waals surface area (Å²) in [6.07, 6.45) is 0. The molecule has 262 valence electrons. The molecule has 10 rings (SSSR count). The van der Waals surface area contributed by atoms with E-state index in [1.807, 2.05) is 42.5 Å². The van der Waals surface area contributed by atoms with Crippen LogP contribution in [0.4, 0.5) is 0 Å². The molecule has 0 radical (unpaired) electrons. The average Bonchev–Trinajstić information content (AvgIpc) is 3.29. The van der Waals surface area contributed by atoms with Gasteiger partial charge in [-0.1, -0.05) is 182 Å². The number of hydrogen-bond acceptors (Lipinski definition) is 4. The van der Waals surface area contributed by atoms with Crippen molar-refractivity contribution in [3.63, 3.8) is 0 Å². The summed E-state index contributed by atoms with van der Waals surface area (Å²) in [5.74, 6) is 1.90. The van der Waals surface area contributed by atoms with E-state index in [2.05, 4.69) is 164 Å². The molecular formula is C52H34N4. The van der Waals surface area contributed by atoms with Crippen molar-refractivity contribution in [1.29, 1.82) is 0 Å². The summed E-state index contributed by atoms with van der Waals surface area (Å²) in [5, 5.41) is 3.49. The largest absolute Gasteiger partial charge is 0.248 e. The summed E-state index contributed by atoms with van der Waals surface area (Å²) in [6, 6.07) is 71.7. The van der Waals surface area contributed by atoms with E-state index in [4.69, 9.17) is 19.9 Å². The Bertz CT molecular complexity index is 2980. The van der Waals surface area contributed by atoms with E-state index in [-0.39, 0.29) is 0 Å². The zero-order valence-electron chi connectivity index (χ0n) is 30.4. The van der Waals surface area contributed by atoms with Gasteiger partial charge in [-0.05, 0) is 68.4 Å². The van der Waals surface area contributed by atoms with Gasteiger partial charge in [-0.15, -0.1) is 0 Å². The first kappa shape index (κ1) is 33.0. The zero-order valence-corrected chi connectivity index (χ0v) is 30.4. The summed E-state index contributed by atoms with van der Waals surface area (Å²) in [6.45, 7) is 0. The Labute approximate surface area is 325 Å². The van der Waals surface area contributed by atoms with E-state index in [0.717, 1.165) is 66.7 Å². The smallest absolute Gasteiger partial charge is 0.164 e. The number of fused-ring (bicyclic) bond motifs is 3. The quantitative estimate of drug-likeness (QED) is 0.154. The van der Waals surface area contributed by atoms with Crippen molar-refractivity contribution in [3.05, 3.63) is 206 Å². The van der Waals surface area contributed by atoms with Gasteiger partial charge >= 0.3 is 0 Å². The summed E-state index contributed by atoms with van der Waals surface area (Å²) >= 11 is 0. The lowest BCUT2D eigenvalue weighted by atomic mass is 9.92. The first-order valence-corrected chi connectivity index (χ1v) is 18.8. The van der Waals surface area contributed by atoms with E-state index >= 15 is 0 Å². The Morgan fingerprint density at radius 3 is 1.38 bits per heavy atom. The van der Waals surface area contributed by atoms with E-state index in [1.54, 1.807) is 0 Å². The number of pyridine rings is 1. The highest BCUT2D eigenvalue weighted by atomic mass is 15.0. The highest BCUT2D eigenvalue weighted by molar-refractivity contribution is 6.14. The van der Waals surface area contributed by atoms with Crippen LogP contribution in [0.15, 0.2) is 206 Å². The van der Waals surface area contributed by atoms with Gasteiger partial charge in [-0.25, -0.2) is 19.9 Å². The van der Waals surface area contributed by atoms with Crippen LogP contribution >= 0.6 is 0 Å². The number of hydrogen-bond donors (Lipinski definition) is 0. The minimum atomic E-state index is 0.628. The molecule has 2 heterocycles. The highest BCUT2D eigenvalue weighted by Crippen LogP contribution is 2.38. The fourth-order valence-electron chi connectivity index (χ4n) is 7.47. The summed E-state index contributed by atoms with van der Waals surface area (Å²) in [4.78, 5) is 20.2. The van der Waals surface area contributed by atoms with Crippen molar-refractivity contribution in [2.45, 2.75) is 0 Å². The fraction of sp³-hybridized carbons (Fsp3) is 0. The lowest BCUT2D eigenvalue weighted by molar-refractivity contribution is 1.07. The van der Waals surface area contributed by atoms with Gasteiger partial charge in [0.15, 0.2) is 17.5 Å². The maximum absolute atomic E-state index is 5.19. The normalized spacial score (nSPS) is 11.2. The Hall–Kier alpha value is -7.56. The van der Waals surface area contributed by atoms with Gasteiger partial charge < -0.3 is 0 Å². The molecule has 0 N–H and O–H groups in total. The SMILES string of the molecule is c1ccc(-c2cccc(-c3nc(-c4ccccc4)nc(-c4ccc(-c5ccc6ccc7nc(-c8ccccc8)cc(-c8ccccc8)c7c6c5)cc4)n3)c2)cc1. The third-order valence-corrected chi connectivity index (χ3v) is 10.3. The summed E-state index contributed by atoms with van der Waals surface area (Å²) < 4.78 is 0. The van der Waals surface area contributed by atoms with Crippen LogP contribution in [0.1, 0.15) is 0 Å². The van der Waals surface area contributed by atoms with Gasteiger partial charge in [0.1, 0.15) is 0 Å². The minimum Gasteiger partial charge on any atom is -0.248 e. The molecule has 10 aromatic rings. The van der Waals surface area contributed by atoms with Crippen molar-refractivity contribution in [2.24, 2.45) is 0 Å². The van der Waals surface area contributed by atoms with Gasteiger partial charge in [-0.3, -0.25) is 0 Å². The molecule has 56 heavy (non-hydrogen) atoms. The standard InChI is InChI=1S/C52H34N4/c1-5-14-35(15-6-1)42-22-13-23-44(32-42)52-55-50(40-20-11-4-12-21-40)54-51(56-52)41-27-24-36(25-28-41)43-29-26-38-30-31-47-49(45(38)33-43)46(37-16-7-2-8-17-37)34-48(53-47)39-18-9-3-10-19-39/h1-34H. The second kappa shape index (κ2) is 14.3. The van der Waals surface area contributed by atoms with Gasteiger partial charge in [0, 0.05) is 27.6 Å². The van der Waals surface area contributed by atoms with E-state index in [9.17, 15) is 0 Å². The van der Waals surface area contributed by atoms with Crippen molar-refractivity contribution < 1.29 is 0 Å². The second-order valence-electron chi connectivity index (χ2n) is 13.9. The van der Waals surface area contributed by atoms with Crippen molar-refractivity contribution in [2.75, 3.05) is 0 Å². The molecule has 0 aliphatic heterocycles. The number of aromatic nitrogens is 4. The van der Waals surface area contributed by atoms with E-state index < -0.39 is 0 Å².